The van der Waals surface area contributed by atoms with Gasteiger partial charge in [-0.05, 0) is 17.7 Å². The maximum absolute atomic E-state index is 5.55. The highest BCUT2D eigenvalue weighted by Crippen LogP contribution is 2.28. The van der Waals surface area contributed by atoms with Gasteiger partial charge in [0.2, 0.25) is 17.5 Å². The van der Waals surface area contributed by atoms with Gasteiger partial charge in [0.1, 0.15) is 0 Å². The van der Waals surface area contributed by atoms with Gasteiger partial charge in [-0.15, -0.1) is 10.2 Å². The molecule has 30 heavy (non-hydrogen) atoms. The Balaban J connectivity index is 1.39. The monoisotopic (exact) mass is 415 g/mol. The molecule has 0 aliphatic heterocycles. The third kappa shape index (κ3) is 3.90. The van der Waals surface area contributed by atoms with Crippen LogP contribution in [0.4, 0.5) is 0 Å². The van der Waals surface area contributed by atoms with E-state index in [-0.39, 0.29) is 0 Å². The van der Waals surface area contributed by atoms with E-state index in [0.29, 0.717) is 35.6 Å². The van der Waals surface area contributed by atoms with E-state index in [0.717, 1.165) is 16.3 Å². The minimum atomic E-state index is 0.491. The third-order valence-corrected chi connectivity index (χ3v) is 5.42. The maximum Gasteiger partial charge on any atom is 0.237 e. The van der Waals surface area contributed by atoms with Crippen molar-refractivity contribution in [1.82, 2.24) is 24.9 Å². The molecule has 0 bridgehead atoms. The third-order valence-electron chi connectivity index (χ3n) is 4.47. The van der Waals surface area contributed by atoms with Gasteiger partial charge in [-0.3, -0.25) is 4.57 Å². The summed E-state index contributed by atoms with van der Waals surface area (Å²) in [7, 11) is 0. The zero-order valence-electron chi connectivity index (χ0n) is 15.9. The lowest BCUT2D eigenvalue weighted by molar-refractivity contribution is 0.391. The van der Waals surface area contributed by atoms with Crippen LogP contribution < -0.4 is 0 Å². The Kier molecular flexibility index (Phi) is 5.14. The van der Waals surface area contributed by atoms with E-state index >= 15 is 0 Å². The summed E-state index contributed by atoms with van der Waals surface area (Å²) in [4.78, 5) is 4.49. The average molecular weight is 415 g/mol. The summed E-state index contributed by atoms with van der Waals surface area (Å²) in [5, 5.41) is 13.6. The van der Waals surface area contributed by atoms with Crippen molar-refractivity contribution >= 4 is 11.8 Å². The molecule has 5 aromatic rings. The molecule has 0 N–H and O–H groups in total. The van der Waals surface area contributed by atoms with E-state index in [1.807, 2.05) is 65.2 Å². The molecule has 8 heteroatoms. The lowest BCUT2D eigenvalue weighted by Gasteiger charge is -2.08. The summed E-state index contributed by atoms with van der Waals surface area (Å²) in [5.74, 6) is 2.96. The van der Waals surface area contributed by atoms with Crippen LogP contribution in [0, 0.1) is 0 Å². The second-order valence-corrected chi connectivity index (χ2v) is 7.46. The predicted molar refractivity (Wildman–Crippen MR) is 113 cm³/mol. The summed E-state index contributed by atoms with van der Waals surface area (Å²) in [6.45, 7) is 0.630. The molecular formula is C22H17N5O2S. The normalized spacial score (nSPS) is 11.1. The number of hydrogen-bond acceptors (Lipinski definition) is 7. The van der Waals surface area contributed by atoms with Crippen molar-refractivity contribution in [3.8, 4) is 23.0 Å². The number of rotatable bonds is 7. The molecular weight excluding hydrogens is 398 g/mol. The van der Waals surface area contributed by atoms with Crippen molar-refractivity contribution < 1.29 is 8.94 Å². The van der Waals surface area contributed by atoms with Crippen LogP contribution in [-0.4, -0.2) is 24.9 Å². The van der Waals surface area contributed by atoms with Crippen LogP contribution in [0.25, 0.3) is 23.0 Å². The van der Waals surface area contributed by atoms with Gasteiger partial charge in [-0.2, -0.15) is 4.98 Å². The summed E-state index contributed by atoms with van der Waals surface area (Å²) in [5.41, 5.74) is 2.07. The second kappa shape index (κ2) is 8.38. The van der Waals surface area contributed by atoms with Crippen LogP contribution in [0.3, 0.4) is 0 Å². The number of aromatic nitrogens is 5. The largest absolute Gasteiger partial charge is 0.461 e. The van der Waals surface area contributed by atoms with Crippen molar-refractivity contribution in [3.05, 3.63) is 90.5 Å². The predicted octanol–water partition coefficient (Wildman–Crippen LogP) is 4.93. The van der Waals surface area contributed by atoms with Gasteiger partial charge in [0.05, 0.1) is 18.6 Å². The Morgan fingerprint density at radius 1 is 0.867 bits per heavy atom. The van der Waals surface area contributed by atoms with Gasteiger partial charge < -0.3 is 8.94 Å². The van der Waals surface area contributed by atoms with E-state index in [4.69, 9.17) is 8.94 Å². The molecule has 0 amide bonds. The first kappa shape index (κ1) is 18.4. The fraction of sp³-hybridized carbons (Fsp3) is 0.0909. The first-order valence-electron chi connectivity index (χ1n) is 9.38. The molecule has 148 valence electrons. The lowest BCUT2D eigenvalue weighted by atomic mass is 10.2. The van der Waals surface area contributed by atoms with E-state index in [2.05, 4.69) is 32.5 Å². The number of benzene rings is 2. The Labute approximate surface area is 176 Å². The Morgan fingerprint density at radius 2 is 1.67 bits per heavy atom. The summed E-state index contributed by atoms with van der Waals surface area (Å²) in [6, 6.07) is 23.7. The Bertz CT molecular complexity index is 1220. The quantitative estimate of drug-likeness (QED) is 0.349. The number of nitrogens with zero attached hydrogens (tertiary/aromatic N) is 5. The number of hydrogen-bond donors (Lipinski definition) is 0. The van der Waals surface area contributed by atoms with Gasteiger partial charge >= 0.3 is 0 Å². The summed E-state index contributed by atoms with van der Waals surface area (Å²) < 4.78 is 13.0. The minimum absolute atomic E-state index is 0.491. The van der Waals surface area contributed by atoms with Crippen molar-refractivity contribution in [2.75, 3.05) is 0 Å². The molecule has 0 fully saturated rings. The maximum atomic E-state index is 5.55. The smallest absolute Gasteiger partial charge is 0.237 e. The fourth-order valence-electron chi connectivity index (χ4n) is 3.04. The minimum Gasteiger partial charge on any atom is -0.461 e. The van der Waals surface area contributed by atoms with Gasteiger partial charge in [0, 0.05) is 5.56 Å². The second-order valence-electron chi connectivity index (χ2n) is 6.52. The van der Waals surface area contributed by atoms with Crippen LogP contribution in [0.5, 0.6) is 0 Å². The molecule has 0 unspecified atom stereocenters. The molecule has 0 spiro atoms. The molecule has 0 saturated carbocycles. The Hall–Kier alpha value is -3.65. The molecule has 2 aromatic carbocycles. The summed E-state index contributed by atoms with van der Waals surface area (Å²) >= 11 is 1.50. The van der Waals surface area contributed by atoms with Crippen molar-refractivity contribution in [3.63, 3.8) is 0 Å². The van der Waals surface area contributed by atoms with Gasteiger partial charge in [0.25, 0.3) is 0 Å². The van der Waals surface area contributed by atoms with E-state index in [1.165, 1.54) is 11.8 Å². The molecule has 0 aliphatic carbocycles. The highest BCUT2D eigenvalue weighted by atomic mass is 32.2. The lowest BCUT2D eigenvalue weighted by Crippen LogP contribution is -2.04. The van der Waals surface area contributed by atoms with Gasteiger partial charge in [0.15, 0.2) is 10.9 Å². The molecule has 7 nitrogen and oxygen atoms in total. The van der Waals surface area contributed by atoms with Crippen LogP contribution in [0.15, 0.2) is 93.2 Å². The topological polar surface area (TPSA) is 82.8 Å². The highest BCUT2D eigenvalue weighted by molar-refractivity contribution is 7.98. The van der Waals surface area contributed by atoms with Crippen LogP contribution in [0.2, 0.25) is 0 Å². The van der Waals surface area contributed by atoms with Crippen LogP contribution in [0.1, 0.15) is 11.5 Å². The molecule has 0 saturated heterocycles. The zero-order chi connectivity index (χ0) is 20.2. The van der Waals surface area contributed by atoms with Crippen LogP contribution in [-0.2, 0) is 12.3 Å². The van der Waals surface area contributed by atoms with E-state index in [9.17, 15) is 0 Å². The number of furan rings is 1. The highest BCUT2D eigenvalue weighted by Gasteiger charge is 2.18. The van der Waals surface area contributed by atoms with E-state index in [1.54, 1.807) is 6.26 Å². The standard InChI is InChI=1S/C22H17N5O2S/c1-3-8-16(9-4-1)14-27-21(18-12-7-13-28-18)24-25-22(27)30-15-19-23-20(26-29-19)17-10-5-2-6-11-17/h1-13H,14-15H2. The van der Waals surface area contributed by atoms with Crippen molar-refractivity contribution in [2.24, 2.45) is 0 Å². The fourth-order valence-corrected chi connectivity index (χ4v) is 3.81. The molecule has 0 atom stereocenters. The summed E-state index contributed by atoms with van der Waals surface area (Å²) in [6.07, 6.45) is 1.63. The Morgan fingerprint density at radius 3 is 2.43 bits per heavy atom. The molecule has 3 aromatic heterocycles. The SMILES string of the molecule is c1ccc(Cn2c(SCc3nc(-c4ccccc4)no3)nnc2-c2ccco2)cc1. The molecule has 0 aliphatic rings. The first-order valence-corrected chi connectivity index (χ1v) is 10.4. The van der Waals surface area contributed by atoms with Gasteiger partial charge in [-0.1, -0.05) is 77.6 Å². The molecule has 5 rings (SSSR count). The average Bonchev–Trinajstić information content (AvgIpc) is 3.55. The zero-order valence-corrected chi connectivity index (χ0v) is 16.7. The first-order chi connectivity index (χ1) is 14.9. The number of thioether (sulfide) groups is 1. The van der Waals surface area contributed by atoms with Crippen molar-refractivity contribution in [1.29, 1.82) is 0 Å². The van der Waals surface area contributed by atoms with Crippen molar-refractivity contribution in [2.45, 2.75) is 17.5 Å². The van der Waals surface area contributed by atoms with E-state index < -0.39 is 0 Å². The van der Waals surface area contributed by atoms with Crippen LogP contribution >= 0.6 is 11.8 Å². The van der Waals surface area contributed by atoms with Gasteiger partial charge in [-0.25, -0.2) is 0 Å². The molecule has 3 heterocycles. The molecule has 0 radical (unpaired) electrons.